The van der Waals surface area contributed by atoms with E-state index in [-0.39, 0.29) is 5.91 Å². The van der Waals surface area contributed by atoms with Crippen molar-refractivity contribution in [3.63, 3.8) is 0 Å². The van der Waals surface area contributed by atoms with Crippen molar-refractivity contribution in [3.8, 4) is 0 Å². The third kappa shape index (κ3) is 4.20. The van der Waals surface area contributed by atoms with Crippen molar-refractivity contribution < 1.29 is 4.79 Å². The number of fused-ring (bicyclic) bond motifs is 1. The average Bonchev–Trinajstić information content (AvgIpc) is 2.97. The van der Waals surface area contributed by atoms with Gasteiger partial charge in [0.25, 0.3) is 0 Å². The monoisotopic (exact) mass is 335 g/mol. The highest BCUT2D eigenvalue weighted by Gasteiger charge is 2.15. The lowest BCUT2D eigenvalue weighted by Crippen LogP contribution is -2.36. The van der Waals surface area contributed by atoms with Crippen LogP contribution in [-0.2, 0) is 4.79 Å². The highest BCUT2D eigenvalue weighted by atomic mass is 32.2. The van der Waals surface area contributed by atoms with Crippen LogP contribution in [0.5, 0.6) is 0 Å². The molecule has 1 fully saturated rings. The van der Waals surface area contributed by atoms with E-state index in [2.05, 4.69) is 15.3 Å². The topological polar surface area (TPSA) is 54.9 Å². The van der Waals surface area contributed by atoms with Crippen molar-refractivity contribution in [2.75, 3.05) is 5.75 Å². The van der Waals surface area contributed by atoms with Crippen molar-refractivity contribution in [3.05, 3.63) is 17.8 Å². The summed E-state index contributed by atoms with van der Waals surface area (Å²) < 4.78 is 1.08. The Balaban J connectivity index is 1.52. The van der Waals surface area contributed by atoms with E-state index in [9.17, 15) is 4.79 Å². The first-order valence-electron chi connectivity index (χ1n) is 7.93. The van der Waals surface area contributed by atoms with Gasteiger partial charge >= 0.3 is 0 Å². The summed E-state index contributed by atoms with van der Waals surface area (Å²) in [6, 6.07) is 2.35. The fraction of sp³-hybridized carbons (Fsp3) is 0.562. The molecular formula is C16H21N3OS2. The zero-order valence-electron chi connectivity index (χ0n) is 12.6. The quantitative estimate of drug-likeness (QED) is 0.677. The zero-order valence-corrected chi connectivity index (χ0v) is 14.2. The van der Waals surface area contributed by atoms with E-state index in [4.69, 9.17) is 0 Å². The van der Waals surface area contributed by atoms with Gasteiger partial charge in [0.2, 0.25) is 5.91 Å². The Kier molecular flexibility index (Phi) is 5.67. The molecule has 118 valence electrons. The molecule has 0 saturated heterocycles. The van der Waals surface area contributed by atoms with Crippen molar-refractivity contribution in [1.29, 1.82) is 0 Å². The molecule has 0 aliphatic heterocycles. The van der Waals surface area contributed by atoms with Gasteiger partial charge in [-0.1, -0.05) is 43.9 Å². The van der Waals surface area contributed by atoms with Gasteiger partial charge in [-0.25, -0.2) is 9.97 Å². The van der Waals surface area contributed by atoms with Crippen LogP contribution >= 0.6 is 23.1 Å². The van der Waals surface area contributed by atoms with E-state index in [1.807, 2.05) is 11.4 Å². The standard InChI is InChI=1S/C16H21N3OS2/c20-14(19-12-6-4-2-1-3-5-7-12)10-22-16-15-13(8-9-21-15)17-11-18-16/h8-9,11-12H,1-7,10H2,(H,19,20). The van der Waals surface area contributed by atoms with E-state index >= 15 is 0 Å². The van der Waals surface area contributed by atoms with Gasteiger partial charge in [-0.05, 0) is 24.3 Å². The van der Waals surface area contributed by atoms with Gasteiger partial charge in [0.05, 0.1) is 16.0 Å². The number of aromatic nitrogens is 2. The molecule has 1 amide bonds. The molecule has 1 aliphatic carbocycles. The molecule has 1 aliphatic rings. The van der Waals surface area contributed by atoms with Gasteiger partial charge in [-0.15, -0.1) is 11.3 Å². The minimum atomic E-state index is 0.124. The summed E-state index contributed by atoms with van der Waals surface area (Å²) in [5.74, 6) is 0.555. The van der Waals surface area contributed by atoms with Gasteiger partial charge in [0.1, 0.15) is 11.4 Å². The molecule has 0 aromatic carbocycles. The third-order valence-corrected chi connectivity index (χ3v) is 6.05. The Morgan fingerprint density at radius 2 is 2.00 bits per heavy atom. The van der Waals surface area contributed by atoms with Crippen molar-refractivity contribution in [1.82, 2.24) is 15.3 Å². The summed E-state index contributed by atoms with van der Waals surface area (Å²) in [6.07, 6.45) is 10.2. The minimum Gasteiger partial charge on any atom is -0.353 e. The number of nitrogens with one attached hydrogen (secondary N) is 1. The Hall–Kier alpha value is -1.14. The largest absolute Gasteiger partial charge is 0.353 e. The predicted molar refractivity (Wildman–Crippen MR) is 92.4 cm³/mol. The van der Waals surface area contributed by atoms with Crippen LogP contribution in [0, 0.1) is 0 Å². The molecule has 0 spiro atoms. The number of amides is 1. The Bertz CT molecular complexity index is 621. The van der Waals surface area contributed by atoms with Crippen LogP contribution in [-0.4, -0.2) is 27.7 Å². The molecule has 1 saturated carbocycles. The first-order chi connectivity index (χ1) is 10.8. The number of carbonyl (C=O) groups is 1. The second kappa shape index (κ2) is 7.92. The molecule has 22 heavy (non-hydrogen) atoms. The van der Waals surface area contributed by atoms with Gasteiger partial charge in [0.15, 0.2) is 0 Å². The molecular weight excluding hydrogens is 314 g/mol. The molecule has 0 radical (unpaired) electrons. The molecule has 3 rings (SSSR count). The van der Waals surface area contributed by atoms with Crippen LogP contribution in [0.2, 0.25) is 0 Å². The molecule has 0 unspecified atom stereocenters. The molecule has 2 aromatic rings. The van der Waals surface area contributed by atoms with Gasteiger partial charge < -0.3 is 5.32 Å². The third-order valence-electron chi connectivity index (χ3n) is 4.02. The summed E-state index contributed by atoms with van der Waals surface area (Å²) in [5.41, 5.74) is 0.961. The fourth-order valence-electron chi connectivity index (χ4n) is 2.87. The number of hydrogen-bond donors (Lipinski definition) is 1. The summed E-state index contributed by atoms with van der Waals surface area (Å²) in [7, 11) is 0. The molecule has 4 nitrogen and oxygen atoms in total. The Morgan fingerprint density at radius 3 is 2.82 bits per heavy atom. The highest BCUT2D eigenvalue weighted by molar-refractivity contribution is 8.00. The van der Waals surface area contributed by atoms with Crippen LogP contribution < -0.4 is 5.32 Å². The number of rotatable bonds is 4. The molecule has 2 aromatic heterocycles. The summed E-state index contributed by atoms with van der Waals surface area (Å²) in [6.45, 7) is 0. The number of nitrogens with zero attached hydrogens (tertiary/aromatic N) is 2. The summed E-state index contributed by atoms with van der Waals surface area (Å²) in [4.78, 5) is 20.7. The number of carbonyl (C=O) groups excluding carboxylic acids is 1. The maximum Gasteiger partial charge on any atom is 0.230 e. The lowest BCUT2D eigenvalue weighted by Gasteiger charge is -2.20. The lowest BCUT2D eigenvalue weighted by molar-refractivity contribution is -0.119. The zero-order chi connectivity index (χ0) is 15.2. The van der Waals surface area contributed by atoms with Gasteiger partial charge in [-0.2, -0.15) is 0 Å². The van der Waals surface area contributed by atoms with Crippen LogP contribution in [0.15, 0.2) is 22.8 Å². The lowest BCUT2D eigenvalue weighted by atomic mass is 9.97. The Labute approximate surface area is 139 Å². The van der Waals surface area contributed by atoms with Crippen LogP contribution in [0.4, 0.5) is 0 Å². The smallest absolute Gasteiger partial charge is 0.230 e. The highest BCUT2D eigenvalue weighted by Crippen LogP contribution is 2.28. The van der Waals surface area contributed by atoms with E-state index in [1.54, 1.807) is 17.7 Å². The van der Waals surface area contributed by atoms with Crippen LogP contribution in [0.1, 0.15) is 44.9 Å². The van der Waals surface area contributed by atoms with E-state index in [0.717, 1.165) is 28.1 Å². The summed E-state index contributed by atoms with van der Waals surface area (Å²) >= 11 is 3.14. The minimum absolute atomic E-state index is 0.124. The van der Waals surface area contributed by atoms with E-state index in [0.29, 0.717) is 11.8 Å². The van der Waals surface area contributed by atoms with Crippen molar-refractivity contribution in [2.45, 2.75) is 56.0 Å². The predicted octanol–water partition coefficient (Wildman–Crippen LogP) is 4.01. The maximum absolute atomic E-state index is 12.2. The van der Waals surface area contributed by atoms with Crippen molar-refractivity contribution in [2.24, 2.45) is 0 Å². The molecule has 6 heteroatoms. The molecule has 0 atom stereocenters. The van der Waals surface area contributed by atoms with E-state index < -0.39 is 0 Å². The number of thioether (sulfide) groups is 1. The summed E-state index contributed by atoms with van der Waals surface area (Å²) in [5, 5.41) is 6.12. The SMILES string of the molecule is O=C(CSc1ncnc2ccsc12)NC1CCCCCCC1. The molecule has 2 heterocycles. The Morgan fingerprint density at radius 1 is 1.23 bits per heavy atom. The fourth-order valence-corrected chi connectivity index (χ4v) is 4.63. The van der Waals surface area contributed by atoms with E-state index in [1.165, 1.54) is 43.9 Å². The second-order valence-corrected chi connectivity index (χ2v) is 7.59. The van der Waals surface area contributed by atoms with Crippen molar-refractivity contribution >= 4 is 39.2 Å². The number of hydrogen-bond acceptors (Lipinski definition) is 5. The first-order valence-corrected chi connectivity index (χ1v) is 9.80. The van der Waals surface area contributed by atoms with Gasteiger partial charge in [0, 0.05) is 6.04 Å². The second-order valence-electron chi connectivity index (χ2n) is 5.71. The maximum atomic E-state index is 12.2. The van der Waals surface area contributed by atoms with Gasteiger partial charge in [-0.3, -0.25) is 4.79 Å². The number of thiophene rings is 1. The molecule has 0 bridgehead atoms. The average molecular weight is 335 g/mol. The first kappa shape index (κ1) is 15.7. The van der Waals surface area contributed by atoms with Crippen LogP contribution in [0.3, 0.4) is 0 Å². The normalized spacial score (nSPS) is 17.1. The molecule has 1 N–H and O–H groups in total. The van der Waals surface area contributed by atoms with Crippen LogP contribution in [0.25, 0.3) is 10.2 Å².